The van der Waals surface area contributed by atoms with Crippen molar-refractivity contribution in [3.05, 3.63) is 64.3 Å². The third-order valence-corrected chi connectivity index (χ3v) is 6.89. The third kappa shape index (κ3) is 4.51. The molecule has 4 rings (SSSR count). The van der Waals surface area contributed by atoms with Crippen molar-refractivity contribution in [2.24, 2.45) is 5.92 Å². The minimum Gasteiger partial charge on any atom is -0.465 e. The van der Waals surface area contributed by atoms with Gasteiger partial charge < -0.3 is 14.6 Å². The van der Waals surface area contributed by atoms with Crippen LogP contribution < -0.4 is 5.32 Å². The zero-order valence-corrected chi connectivity index (χ0v) is 19.6. The number of anilines is 1. The first-order valence-electron chi connectivity index (χ1n) is 10.4. The molecule has 2 aromatic carbocycles. The van der Waals surface area contributed by atoms with Gasteiger partial charge in [0.05, 0.1) is 23.2 Å². The zero-order valence-electron chi connectivity index (χ0n) is 17.3. The molecule has 5 nitrogen and oxygen atoms in total. The second-order valence-electron chi connectivity index (χ2n) is 7.87. The van der Waals surface area contributed by atoms with Crippen LogP contribution in [0, 0.1) is 5.92 Å². The van der Waals surface area contributed by atoms with Crippen LogP contribution in [0.5, 0.6) is 0 Å². The van der Waals surface area contributed by atoms with E-state index in [1.807, 2.05) is 30.3 Å². The number of carbonyl (C=O) groups is 2. The number of hydrogen-bond acceptors (Lipinski definition) is 3. The fourth-order valence-electron chi connectivity index (χ4n) is 4.23. The molecular formula is C24H24BrClN2O3. The summed E-state index contributed by atoms with van der Waals surface area (Å²) in [6.07, 6.45) is 4.18. The Morgan fingerprint density at radius 2 is 1.87 bits per heavy atom. The number of esters is 1. The highest BCUT2D eigenvalue weighted by Gasteiger charge is 2.23. The summed E-state index contributed by atoms with van der Waals surface area (Å²) < 4.78 is 6.92. The molecule has 0 bridgehead atoms. The average Bonchev–Trinajstić information content (AvgIpc) is 3.41. The van der Waals surface area contributed by atoms with Gasteiger partial charge in [-0.15, -0.1) is 0 Å². The van der Waals surface area contributed by atoms with Gasteiger partial charge in [0.2, 0.25) is 5.91 Å². The van der Waals surface area contributed by atoms with Crippen molar-refractivity contribution in [2.45, 2.75) is 37.6 Å². The highest BCUT2D eigenvalue weighted by atomic mass is 79.9. The molecule has 1 aromatic heterocycles. The summed E-state index contributed by atoms with van der Waals surface area (Å²) in [4.78, 5) is 24.2. The van der Waals surface area contributed by atoms with E-state index in [2.05, 4.69) is 25.8 Å². The van der Waals surface area contributed by atoms with E-state index in [4.69, 9.17) is 16.3 Å². The van der Waals surface area contributed by atoms with E-state index < -0.39 is 0 Å². The van der Waals surface area contributed by atoms with E-state index in [0.29, 0.717) is 22.5 Å². The standard InChI is InChI=1S/C24H24BrClN2O3/c1-31-24(30)17-8-6-15(7-9-17)14-28-20-11-10-18(12-19(20)22(26)21(28)13-25)27-23(29)16-4-2-3-5-16/h6-12,16H,2-5,13-14H2,1H3,(H,27,29). The van der Waals surface area contributed by atoms with Gasteiger partial charge in [0.25, 0.3) is 0 Å². The molecule has 7 heteroatoms. The number of nitrogens with one attached hydrogen (secondary N) is 1. The maximum absolute atomic E-state index is 12.5. The third-order valence-electron chi connectivity index (χ3n) is 5.94. The summed E-state index contributed by atoms with van der Waals surface area (Å²) in [6.45, 7) is 0.611. The Bertz CT molecular complexity index is 1120. The van der Waals surface area contributed by atoms with E-state index in [0.717, 1.165) is 53.5 Å². The zero-order chi connectivity index (χ0) is 22.0. The Morgan fingerprint density at radius 3 is 2.52 bits per heavy atom. The van der Waals surface area contributed by atoms with E-state index >= 15 is 0 Å². The summed E-state index contributed by atoms with van der Waals surface area (Å²) in [5, 5.41) is 5.25. The number of carbonyl (C=O) groups excluding carboxylic acids is 2. The lowest BCUT2D eigenvalue weighted by atomic mass is 10.1. The maximum atomic E-state index is 12.5. The first-order chi connectivity index (χ1) is 15.0. The van der Waals surface area contributed by atoms with Gasteiger partial charge in [0, 0.05) is 34.6 Å². The first-order valence-corrected chi connectivity index (χ1v) is 11.9. The van der Waals surface area contributed by atoms with Crippen LogP contribution in [0.4, 0.5) is 5.69 Å². The van der Waals surface area contributed by atoms with Crippen LogP contribution in [0.25, 0.3) is 10.9 Å². The lowest BCUT2D eigenvalue weighted by Crippen LogP contribution is -2.20. The van der Waals surface area contributed by atoms with Crippen molar-refractivity contribution >= 4 is 56.0 Å². The minimum absolute atomic E-state index is 0.0961. The van der Waals surface area contributed by atoms with Crippen LogP contribution in [-0.4, -0.2) is 23.6 Å². The molecule has 0 unspecified atom stereocenters. The molecule has 3 aromatic rings. The lowest BCUT2D eigenvalue weighted by Gasteiger charge is -2.12. The molecule has 1 heterocycles. The van der Waals surface area contributed by atoms with E-state index in [1.165, 1.54) is 7.11 Å². The van der Waals surface area contributed by atoms with Gasteiger partial charge in [-0.25, -0.2) is 4.79 Å². The number of alkyl halides is 1. The summed E-state index contributed by atoms with van der Waals surface area (Å²) in [5.74, 6) is -0.144. The van der Waals surface area contributed by atoms with Crippen molar-refractivity contribution in [1.82, 2.24) is 4.57 Å². The molecule has 31 heavy (non-hydrogen) atoms. The molecule has 1 saturated carbocycles. The van der Waals surface area contributed by atoms with Crippen LogP contribution in [0.1, 0.15) is 47.3 Å². The van der Waals surface area contributed by atoms with Crippen LogP contribution in [0.2, 0.25) is 5.02 Å². The van der Waals surface area contributed by atoms with Crippen LogP contribution in [-0.2, 0) is 21.4 Å². The van der Waals surface area contributed by atoms with Gasteiger partial charge in [-0.1, -0.05) is 52.5 Å². The number of ether oxygens (including phenoxy) is 1. The summed E-state index contributed by atoms with van der Waals surface area (Å²) >= 11 is 10.3. The van der Waals surface area contributed by atoms with Gasteiger partial charge in [-0.05, 0) is 48.7 Å². The fraction of sp³-hybridized carbons (Fsp3) is 0.333. The Kier molecular flexibility index (Phi) is 6.68. The van der Waals surface area contributed by atoms with E-state index in [-0.39, 0.29) is 17.8 Å². The van der Waals surface area contributed by atoms with Gasteiger partial charge in [0.1, 0.15) is 0 Å². The maximum Gasteiger partial charge on any atom is 0.337 e. The molecule has 0 spiro atoms. The Labute approximate surface area is 194 Å². The number of aromatic nitrogens is 1. The molecule has 0 atom stereocenters. The lowest BCUT2D eigenvalue weighted by molar-refractivity contribution is -0.119. The number of methoxy groups -OCH3 is 1. The molecule has 1 amide bonds. The first kappa shape index (κ1) is 21.9. The molecule has 1 aliphatic carbocycles. The normalized spacial score (nSPS) is 14.2. The Hall–Kier alpha value is -2.31. The second kappa shape index (κ2) is 9.45. The highest BCUT2D eigenvalue weighted by molar-refractivity contribution is 9.08. The van der Waals surface area contributed by atoms with Crippen LogP contribution in [0.3, 0.4) is 0 Å². The monoisotopic (exact) mass is 502 g/mol. The molecule has 0 radical (unpaired) electrons. The quantitative estimate of drug-likeness (QED) is 0.324. The smallest absolute Gasteiger partial charge is 0.337 e. The summed E-state index contributed by atoms with van der Waals surface area (Å²) in [7, 11) is 1.37. The number of rotatable bonds is 6. The topological polar surface area (TPSA) is 60.3 Å². The van der Waals surface area contributed by atoms with Gasteiger partial charge >= 0.3 is 5.97 Å². The van der Waals surface area contributed by atoms with Crippen molar-refractivity contribution in [3.63, 3.8) is 0 Å². The largest absolute Gasteiger partial charge is 0.465 e. The molecule has 162 valence electrons. The number of halogens is 2. The predicted octanol–water partition coefficient (Wildman–Crippen LogP) is 6.15. The Balaban J connectivity index is 1.62. The summed E-state index contributed by atoms with van der Waals surface area (Å²) in [6, 6.07) is 13.2. The summed E-state index contributed by atoms with van der Waals surface area (Å²) in [5.41, 5.74) is 4.29. The fourth-order valence-corrected chi connectivity index (χ4v) is 5.30. The molecular weight excluding hydrogens is 480 g/mol. The van der Waals surface area contributed by atoms with E-state index in [1.54, 1.807) is 12.1 Å². The van der Waals surface area contributed by atoms with Crippen LogP contribution >= 0.6 is 27.5 Å². The minimum atomic E-state index is -0.352. The second-order valence-corrected chi connectivity index (χ2v) is 8.81. The van der Waals surface area contributed by atoms with Crippen molar-refractivity contribution in [3.8, 4) is 0 Å². The predicted molar refractivity (Wildman–Crippen MR) is 127 cm³/mol. The molecule has 0 aliphatic heterocycles. The molecule has 0 saturated heterocycles. The molecule has 1 N–H and O–H groups in total. The Morgan fingerprint density at radius 1 is 1.16 bits per heavy atom. The number of amides is 1. The highest BCUT2D eigenvalue weighted by Crippen LogP contribution is 2.35. The van der Waals surface area contributed by atoms with Gasteiger partial charge in [-0.3, -0.25) is 4.79 Å². The van der Waals surface area contributed by atoms with Gasteiger partial charge in [0.15, 0.2) is 0 Å². The van der Waals surface area contributed by atoms with Crippen LogP contribution in [0.15, 0.2) is 42.5 Å². The van der Waals surface area contributed by atoms with E-state index in [9.17, 15) is 9.59 Å². The SMILES string of the molecule is COC(=O)c1ccc(Cn2c(CBr)c(Cl)c3cc(NC(=O)C4CCCC4)ccc32)cc1. The average molecular weight is 504 g/mol. The molecule has 1 fully saturated rings. The molecule has 1 aliphatic rings. The number of hydrogen-bond donors (Lipinski definition) is 1. The number of fused-ring (bicyclic) bond motifs is 1. The number of benzene rings is 2. The van der Waals surface area contributed by atoms with Crippen molar-refractivity contribution in [2.75, 3.05) is 12.4 Å². The van der Waals surface area contributed by atoms with Gasteiger partial charge in [-0.2, -0.15) is 0 Å². The van der Waals surface area contributed by atoms with Crippen molar-refractivity contribution < 1.29 is 14.3 Å². The number of nitrogens with zero attached hydrogens (tertiary/aromatic N) is 1. The van der Waals surface area contributed by atoms with Crippen molar-refractivity contribution in [1.29, 1.82) is 0 Å².